The molecule has 4 fully saturated rings. The number of benzene rings is 2. The summed E-state index contributed by atoms with van der Waals surface area (Å²) in [5, 5.41) is 21.5. The van der Waals surface area contributed by atoms with E-state index in [1.165, 1.54) is 38.2 Å². The van der Waals surface area contributed by atoms with Crippen molar-refractivity contribution in [3.63, 3.8) is 0 Å². The molecule has 0 radical (unpaired) electrons. The fourth-order valence-corrected chi connectivity index (χ4v) is 10.5. The van der Waals surface area contributed by atoms with Crippen LogP contribution in [0.2, 0.25) is 0 Å². The average Bonchev–Trinajstić information content (AvgIpc) is 3.80. The van der Waals surface area contributed by atoms with Gasteiger partial charge in [-0.3, -0.25) is 38.9 Å². The number of pyridine rings is 1. The molecule has 5 aliphatic rings. The number of hydrogen-bond acceptors (Lipinski definition) is 10. The highest BCUT2D eigenvalue weighted by Crippen LogP contribution is 2.48. The Labute approximate surface area is 368 Å². The van der Waals surface area contributed by atoms with Crippen molar-refractivity contribution in [2.45, 2.75) is 108 Å². The zero-order valence-electron chi connectivity index (χ0n) is 36.0. The van der Waals surface area contributed by atoms with E-state index in [2.05, 4.69) is 25.4 Å². The Balaban J connectivity index is 0.745. The first-order chi connectivity index (χ1) is 30.4. The van der Waals surface area contributed by atoms with E-state index in [1.54, 1.807) is 38.1 Å². The van der Waals surface area contributed by atoms with Crippen LogP contribution in [-0.2, 0) is 21.4 Å². The molecule has 5 amide bonds. The quantitative estimate of drug-likeness (QED) is 0.152. The highest BCUT2D eigenvalue weighted by Gasteiger charge is 2.45. The zero-order chi connectivity index (χ0) is 45.1. The van der Waals surface area contributed by atoms with E-state index in [4.69, 9.17) is 5.10 Å². The van der Waals surface area contributed by atoms with Gasteiger partial charge in [0.15, 0.2) is 0 Å². The van der Waals surface area contributed by atoms with Crippen LogP contribution in [0.25, 0.3) is 10.9 Å². The van der Waals surface area contributed by atoms with Gasteiger partial charge in [0.2, 0.25) is 11.8 Å². The van der Waals surface area contributed by atoms with Gasteiger partial charge in [-0.25, -0.2) is 4.98 Å². The van der Waals surface area contributed by atoms with Crippen LogP contribution in [0.1, 0.15) is 133 Å². The molecule has 3 saturated heterocycles. The summed E-state index contributed by atoms with van der Waals surface area (Å²) in [4.78, 5) is 73.2. The number of aromatic nitrogens is 3. The van der Waals surface area contributed by atoms with Gasteiger partial charge < -0.3 is 20.2 Å². The summed E-state index contributed by atoms with van der Waals surface area (Å²) >= 11 is 0. The van der Waals surface area contributed by atoms with Crippen molar-refractivity contribution in [1.82, 2.24) is 29.9 Å². The molecule has 0 bridgehead atoms. The number of likely N-dealkylation sites (tertiary alicyclic amines) is 1. The van der Waals surface area contributed by atoms with Crippen LogP contribution in [0, 0.1) is 11.3 Å². The van der Waals surface area contributed by atoms with E-state index >= 15 is 0 Å². The SMILES string of the molecule is CC(C)(O)c1cc2nn(C3CCN(CCC4CCC5(CC4)CCN(c4ccc6c(c4)C(=O)N(C4CCC(=O)NC4=O)C6=O)CC5)CC3)cc2cc1NC(=O)c1cccc(C(F)(F)F)n1. The first-order valence-corrected chi connectivity index (χ1v) is 22.4. The Morgan fingerprint density at radius 2 is 1.61 bits per heavy atom. The maximum Gasteiger partial charge on any atom is 0.433 e. The number of halogens is 3. The van der Waals surface area contributed by atoms with Gasteiger partial charge in [-0.2, -0.15) is 18.3 Å². The second kappa shape index (κ2) is 16.7. The number of nitrogens with one attached hydrogen (secondary N) is 2. The van der Waals surface area contributed by atoms with Gasteiger partial charge in [-0.1, -0.05) is 6.07 Å². The van der Waals surface area contributed by atoms with E-state index in [-0.39, 0.29) is 30.3 Å². The van der Waals surface area contributed by atoms with E-state index in [9.17, 15) is 42.3 Å². The number of anilines is 2. The predicted octanol–water partition coefficient (Wildman–Crippen LogP) is 6.84. The minimum Gasteiger partial charge on any atom is -0.386 e. The number of carbonyl (C=O) groups excluding carboxylic acids is 5. The van der Waals surface area contributed by atoms with Crippen LogP contribution in [0.3, 0.4) is 0 Å². The molecule has 4 aromatic rings. The molecule has 17 heteroatoms. The first kappa shape index (κ1) is 43.6. The summed E-state index contributed by atoms with van der Waals surface area (Å²) < 4.78 is 41.8. The van der Waals surface area contributed by atoms with E-state index in [0.29, 0.717) is 33.5 Å². The molecule has 6 heterocycles. The summed E-state index contributed by atoms with van der Waals surface area (Å²) in [6, 6.07) is 11.2. The molecule has 4 aliphatic heterocycles. The van der Waals surface area contributed by atoms with Crippen LogP contribution < -0.4 is 15.5 Å². The molecule has 1 atom stereocenters. The fraction of sp³-hybridized carbons (Fsp3) is 0.511. The van der Waals surface area contributed by atoms with Gasteiger partial charge in [0.1, 0.15) is 17.4 Å². The molecule has 2 aromatic heterocycles. The lowest BCUT2D eigenvalue weighted by atomic mass is 9.65. The number of aliphatic hydroxyl groups is 1. The second-order valence-corrected chi connectivity index (χ2v) is 19.0. The monoisotopic (exact) mass is 882 g/mol. The largest absolute Gasteiger partial charge is 0.433 e. The molecular formula is C47H53F3N8O6. The summed E-state index contributed by atoms with van der Waals surface area (Å²) in [5.41, 5.74) is 0.214. The van der Waals surface area contributed by atoms with Crippen LogP contribution >= 0.6 is 0 Å². The lowest BCUT2D eigenvalue weighted by Crippen LogP contribution is -2.54. The number of amides is 5. The van der Waals surface area contributed by atoms with E-state index in [1.807, 2.05) is 16.9 Å². The zero-order valence-corrected chi connectivity index (χ0v) is 36.0. The van der Waals surface area contributed by atoms with Crippen molar-refractivity contribution in [2.24, 2.45) is 11.3 Å². The third-order valence-electron chi connectivity index (χ3n) is 14.4. The Morgan fingerprint density at radius 1 is 0.891 bits per heavy atom. The molecule has 1 saturated carbocycles. The molecule has 1 aliphatic carbocycles. The lowest BCUT2D eigenvalue weighted by Gasteiger charge is -2.47. The van der Waals surface area contributed by atoms with Gasteiger partial charge in [0, 0.05) is 61.1 Å². The standard InChI is InChI=1S/C47H53F3N8O6/c1-45(2,64)34-26-36-29(24-37(34)52-41(60)35-4-3-5-39(51-35)47(48,49)50)27-57(54-36)30-13-20-55(21-14-30)19-12-28-10-15-46(16-11-28)17-22-56(23-18-46)31-6-7-32-33(25-31)44(63)58(43(32)62)38-8-9-40(59)53-42(38)61/h3-7,24-28,30,38,64H,8-23H2,1-2H3,(H,52,60)(H,53,59,61). The van der Waals surface area contributed by atoms with Crippen LogP contribution in [0.15, 0.2) is 54.7 Å². The fourth-order valence-electron chi connectivity index (χ4n) is 10.5. The molecule has 9 rings (SSSR count). The van der Waals surface area contributed by atoms with Crippen molar-refractivity contribution in [1.29, 1.82) is 0 Å². The first-order valence-electron chi connectivity index (χ1n) is 22.4. The van der Waals surface area contributed by atoms with E-state index in [0.717, 1.165) is 86.5 Å². The molecule has 64 heavy (non-hydrogen) atoms. The van der Waals surface area contributed by atoms with Crippen molar-refractivity contribution in [3.05, 3.63) is 82.8 Å². The highest BCUT2D eigenvalue weighted by atomic mass is 19.4. The molecule has 2 aromatic carbocycles. The summed E-state index contributed by atoms with van der Waals surface area (Å²) in [6.45, 7) is 7.86. The molecule has 3 N–H and O–H groups in total. The molecular weight excluding hydrogens is 830 g/mol. The Morgan fingerprint density at radius 3 is 2.30 bits per heavy atom. The number of fused-ring (bicyclic) bond motifs is 2. The molecule has 14 nitrogen and oxygen atoms in total. The number of rotatable bonds is 9. The lowest BCUT2D eigenvalue weighted by molar-refractivity contribution is -0.141. The van der Waals surface area contributed by atoms with Gasteiger partial charge in [0.05, 0.1) is 28.3 Å². The predicted molar refractivity (Wildman–Crippen MR) is 230 cm³/mol. The highest BCUT2D eigenvalue weighted by molar-refractivity contribution is 6.23. The van der Waals surface area contributed by atoms with Gasteiger partial charge >= 0.3 is 6.18 Å². The minimum atomic E-state index is -4.70. The maximum atomic E-state index is 13.4. The number of nitrogens with zero attached hydrogens (tertiary/aromatic N) is 6. The Bertz CT molecular complexity index is 2510. The van der Waals surface area contributed by atoms with Crippen LogP contribution in [0.5, 0.6) is 0 Å². The molecule has 1 spiro atoms. The van der Waals surface area contributed by atoms with Crippen molar-refractivity contribution < 1.29 is 42.3 Å². The van der Waals surface area contributed by atoms with Gasteiger partial charge in [-0.15, -0.1) is 0 Å². The van der Waals surface area contributed by atoms with E-state index < -0.39 is 53.0 Å². The number of piperidine rings is 3. The molecule has 338 valence electrons. The minimum absolute atomic E-state index is 0.0856. The number of alkyl halides is 3. The number of carbonyl (C=O) groups is 5. The summed E-state index contributed by atoms with van der Waals surface area (Å²) in [6.07, 6.45) is 7.47. The smallest absolute Gasteiger partial charge is 0.386 e. The van der Waals surface area contributed by atoms with Crippen molar-refractivity contribution in [3.8, 4) is 0 Å². The van der Waals surface area contributed by atoms with Crippen LogP contribution in [-0.4, -0.2) is 98.0 Å². The Kier molecular flexibility index (Phi) is 11.4. The normalized spacial score (nSPS) is 21.5. The number of hydrogen-bond donors (Lipinski definition) is 3. The Hall–Kier alpha value is -5.68. The second-order valence-electron chi connectivity index (χ2n) is 19.0. The summed E-state index contributed by atoms with van der Waals surface area (Å²) in [5.74, 6) is -2.11. The summed E-state index contributed by atoms with van der Waals surface area (Å²) in [7, 11) is 0. The third-order valence-corrected chi connectivity index (χ3v) is 14.4. The topological polar surface area (TPSA) is 170 Å². The molecule has 1 unspecified atom stereocenters. The number of imide groups is 2. The van der Waals surface area contributed by atoms with Crippen molar-refractivity contribution >= 4 is 51.8 Å². The average molecular weight is 883 g/mol. The van der Waals surface area contributed by atoms with Crippen molar-refractivity contribution in [2.75, 3.05) is 42.9 Å². The maximum absolute atomic E-state index is 13.4. The third kappa shape index (κ3) is 8.63. The van der Waals surface area contributed by atoms with Gasteiger partial charge in [-0.05, 0) is 138 Å². The van der Waals surface area contributed by atoms with Gasteiger partial charge in [0.25, 0.3) is 17.7 Å². The van der Waals surface area contributed by atoms with Crippen LogP contribution in [0.4, 0.5) is 24.5 Å².